The van der Waals surface area contributed by atoms with Crippen LogP contribution in [0.2, 0.25) is 0 Å². The zero-order valence-electron chi connectivity index (χ0n) is 10.7. The first-order valence-corrected chi connectivity index (χ1v) is 10.4. The molecule has 5 nitrogen and oxygen atoms in total. The summed E-state index contributed by atoms with van der Waals surface area (Å²) < 4.78 is 7.53. The van der Waals surface area contributed by atoms with E-state index in [9.17, 15) is 0 Å². The average Bonchev–Trinajstić information content (AvgIpc) is 2.86. The number of fused-ring (bicyclic) bond motifs is 1. The molecule has 102 valence electrons. The van der Waals surface area contributed by atoms with Crippen LogP contribution in [0.4, 0.5) is 5.82 Å². The second-order valence-electron chi connectivity index (χ2n) is 4.60. The van der Waals surface area contributed by atoms with Crippen molar-refractivity contribution >= 4 is 45.1 Å². The van der Waals surface area contributed by atoms with Crippen LogP contribution < -0.4 is 5.32 Å². The molecule has 0 radical (unpaired) electrons. The van der Waals surface area contributed by atoms with Crippen LogP contribution in [0, 0.1) is 0 Å². The molecule has 1 aliphatic heterocycles. The first-order chi connectivity index (χ1) is 9.33. The monoisotopic (exact) mass is 390 g/mol. The zero-order chi connectivity index (χ0) is 13.2. The molecule has 0 spiro atoms. The Morgan fingerprint density at radius 2 is 2.26 bits per heavy atom. The Bertz CT molecular complexity index is 582. The molecule has 3 rings (SSSR count). The fourth-order valence-corrected chi connectivity index (χ4v) is 4.03. The Morgan fingerprint density at radius 1 is 1.47 bits per heavy atom. The van der Waals surface area contributed by atoms with Crippen LogP contribution in [-0.2, 0) is 4.74 Å². The lowest BCUT2D eigenvalue weighted by Crippen LogP contribution is -2.14. The molecule has 7 heteroatoms. The molecule has 1 N–H and O–H groups in total. The minimum atomic E-state index is 0.507. The normalized spacial score (nSPS) is 17.6. The zero-order valence-corrected chi connectivity index (χ0v) is 13.8. The minimum absolute atomic E-state index is 0.507. The lowest BCUT2D eigenvalue weighted by atomic mass is 9.95. The molecule has 2 aromatic heterocycles. The molecule has 1 saturated heterocycles. The Hall–Kier alpha value is -0.460. The summed E-state index contributed by atoms with van der Waals surface area (Å²) in [6, 6.07) is 2.08. The van der Waals surface area contributed by atoms with Crippen molar-refractivity contribution in [3.05, 3.63) is 18.0 Å². The highest BCUT2D eigenvalue weighted by molar-refractivity contribution is 14.2. The molecule has 1 unspecified atom stereocenters. The third kappa shape index (κ3) is 2.58. The van der Waals surface area contributed by atoms with Crippen molar-refractivity contribution in [2.24, 2.45) is 0 Å². The van der Waals surface area contributed by atoms with Crippen molar-refractivity contribution < 1.29 is 4.74 Å². The molecular weight excluding hydrogens is 374 g/mol. The lowest BCUT2D eigenvalue weighted by Gasteiger charge is -2.20. The summed E-state index contributed by atoms with van der Waals surface area (Å²) in [7, 11) is 1.89. The standard InChI is InChI=1S/C12H16IN4OP/c1-14-11-6-10-9(7-15-11)12(16-17(10)19-13)8-2-4-18-5-3-8/h6-8,19H,2-5H2,1H3,(H,14,15). The number of hydrogen-bond acceptors (Lipinski definition) is 4. The number of aromatic nitrogens is 3. The van der Waals surface area contributed by atoms with E-state index in [0.29, 0.717) is 12.3 Å². The number of nitrogens with zero attached hydrogens (tertiary/aromatic N) is 3. The topological polar surface area (TPSA) is 52.0 Å². The molecule has 0 aromatic carbocycles. The van der Waals surface area contributed by atoms with Gasteiger partial charge in [0, 0.05) is 43.8 Å². The van der Waals surface area contributed by atoms with E-state index in [4.69, 9.17) is 9.84 Å². The highest BCUT2D eigenvalue weighted by Crippen LogP contribution is 2.36. The number of hydrogen-bond donors (Lipinski definition) is 1. The Morgan fingerprint density at radius 3 is 2.95 bits per heavy atom. The van der Waals surface area contributed by atoms with E-state index in [2.05, 4.69) is 42.9 Å². The maximum Gasteiger partial charge on any atom is 0.127 e. The number of rotatable bonds is 3. The average molecular weight is 390 g/mol. The molecular formula is C12H16IN4OP. The van der Waals surface area contributed by atoms with Crippen molar-refractivity contribution in [3.8, 4) is 0 Å². The third-order valence-corrected chi connectivity index (χ3v) is 5.41. The lowest BCUT2D eigenvalue weighted by molar-refractivity contribution is 0.0847. The molecule has 0 aliphatic carbocycles. The summed E-state index contributed by atoms with van der Waals surface area (Å²) in [5.41, 5.74) is 2.37. The summed E-state index contributed by atoms with van der Waals surface area (Å²) in [4.78, 5) is 4.43. The van der Waals surface area contributed by atoms with E-state index in [1.165, 1.54) is 16.6 Å². The van der Waals surface area contributed by atoms with Gasteiger partial charge in [0.1, 0.15) is 5.82 Å². The number of nitrogens with one attached hydrogen (secondary N) is 1. The molecule has 0 bridgehead atoms. The van der Waals surface area contributed by atoms with Gasteiger partial charge in [-0.15, -0.1) is 0 Å². The molecule has 3 heterocycles. The van der Waals surface area contributed by atoms with Crippen LogP contribution in [0.25, 0.3) is 10.9 Å². The van der Waals surface area contributed by atoms with Gasteiger partial charge in [-0.25, -0.2) is 9.44 Å². The van der Waals surface area contributed by atoms with Crippen molar-refractivity contribution in [1.82, 2.24) is 14.5 Å². The molecule has 1 aliphatic rings. The van der Waals surface area contributed by atoms with Gasteiger partial charge in [0.2, 0.25) is 0 Å². The number of anilines is 1. The van der Waals surface area contributed by atoms with Gasteiger partial charge in [-0.2, -0.15) is 5.10 Å². The van der Waals surface area contributed by atoms with Crippen LogP contribution in [0.15, 0.2) is 12.3 Å². The van der Waals surface area contributed by atoms with Gasteiger partial charge in [-0.1, -0.05) is 0 Å². The van der Waals surface area contributed by atoms with Gasteiger partial charge < -0.3 is 10.1 Å². The smallest absolute Gasteiger partial charge is 0.127 e. The predicted octanol–water partition coefficient (Wildman–Crippen LogP) is 3.16. The van der Waals surface area contributed by atoms with E-state index in [1.807, 2.05) is 13.2 Å². The Balaban J connectivity index is 2.09. The SMILES string of the molecule is CNc1cc2c(cn1)c(C1CCOCC1)nn2PI. The second kappa shape index (κ2) is 5.89. The fraction of sp³-hybridized carbons (Fsp3) is 0.500. The highest BCUT2D eigenvalue weighted by Gasteiger charge is 2.22. The Labute approximate surface area is 126 Å². The van der Waals surface area contributed by atoms with Crippen molar-refractivity contribution in [2.75, 3.05) is 25.6 Å². The van der Waals surface area contributed by atoms with Crippen LogP contribution in [-0.4, -0.2) is 34.8 Å². The first-order valence-electron chi connectivity index (χ1n) is 6.34. The van der Waals surface area contributed by atoms with Gasteiger partial charge in [0.05, 0.1) is 17.6 Å². The molecule has 2 aromatic rings. The first kappa shape index (κ1) is 13.5. The summed E-state index contributed by atoms with van der Waals surface area (Å²) in [6.07, 6.45) is 4.68. The molecule has 1 atom stereocenters. The fourth-order valence-electron chi connectivity index (χ4n) is 2.51. The van der Waals surface area contributed by atoms with Crippen molar-refractivity contribution in [3.63, 3.8) is 0 Å². The van der Waals surface area contributed by atoms with Gasteiger partial charge >= 0.3 is 0 Å². The summed E-state index contributed by atoms with van der Waals surface area (Å²) in [5, 5.41) is 9.08. The van der Waals surface area contributed by atoms with Gasteiger partial charge in [-0.3, -0.25) is 0 Å². The minimum Gasteiger partial charge on any atom is -0.381 e. The van der Waals surface area contributed by atoms with Crippen molar-refractivity contribution in [1.29, 1.82) is 0 Å². The van der Waals surface area contributed by atoms with E-state index in [1.54, 1.807) is 0 Å². The second-order valence-corrected chi connectivity index (χ2v) is 6.64. The summed E-state index contributed by atoms with van der Waals surface area (Å²) in [6.45, 7) is 1.68. The maximum absolute atomic E-state index is 5.44. The number of halogens is 1. The van der Waals surface area contributed by atoms with Gasteiger partial charge in [0.25, 0.3) is 0 Å². The highest BCUT2D eigenvalue weighted by atomic mass is 127. The largest absolute Gasteiger partial charge is 0.381 e. The van der Waals surface area contributed by atoms with Crippen LogP contribution in [0.1, 0.15) is 24.5 Å². The third-order valence-electron chi connectivity index (χ3n) is 3.54. The summed E-state index contributed by atoms with van der Waals surface area (Å²) >= 11 is 2.37. The van der Waals surface area contributed by atoms with E-state index in [0.717, 1.165) is 31.9 Å². The van der Waals surface area contributed by atoms with Crippen LogP contribution in [0.3, 0.4) is 0 Å². The molecule has 0 amide bonds. The molecule has 0 saturated carbocycles. The molecule has 1 fully saturated rings. The number of pyridine rings is 1. The Kier molecular flexibility index (Phi) is 4.19. The number of ether oxygens (including phenoxy) is 1. The van der Waals surface area contributed by atoms with E-state index in [-0.39, 0.29) is 0 Å². The van der Waals surface area contributed by atoms with E-state index >= 15 is 0 Å². The van der Waals surface area contributed by atoms with Gasteiger partial charge in [0.15, 0.2) is 0 Å². The quantitative estimate of drug-likeness (QED) is 0.647. The predicted molar refractivity (Wildman–Crippen MR) is 87.6 cm³/mol. The summed E-state index contributed by atoms with van der Waals surface area (Å²) in [5.74, 6) is 1.40. The van der Waals surface area contributed by atoms with Crippen LogP contribution in [0.5, 0.6) is 0 Å². The van der Waals surface area contributed by atoms with Crippen LogP contribution >= 0.6 is 28.4 Å². The molecule has 19 heavy (non-hydrogen) atoms. The van der Waals surface area contributed by atoms with E-state index < -0.39 is 0 Å². The van der Waals surface area contributed by atoms with Gasteiger partial charge in [-0.05, 0) is 34.9 Å². The van der Waals surface area contributed by atoms with Crippen molar-refractivity contribution in [2.45, 2.75) is 18.8 Å². The maximum atomic E-state index is 5.44.